The van der Waals surface area contributed by atoms with E-state index in [2.05, 4.69) is 40.8 Å². The van der Waals surface area contributed by atoms with Crippen LogP contribution in [0.1, 0.15) is 31.9 Å². The van der Waals surface area contributed by atoms with Crippen LogP contribution in [-0.2, 0) is 11.0 Å². The average Bonchev–Trinajstić information content (AvgIpc) is 2.47. The lowest BCUT2D eigenvalue weighted by Gasteiger charge is -2.36. The number of halogens is 1. The molecule has 0 saturated heterocycles. The second-order valence-corrected chi connectivity index (χ2v) is 12.3. The Morgan fingerprint density at radius 1 is 1.09 bits per heavy atom. The minimum absolute atomic E-state index is 0.179. The van der Waals surface area contributed by atoms with Crippen molar-refractivity contribution in [1.82, 2.24) is 0 Å². The smallest absolute Gasteiger partial charge is 0.192 e. The fourth-order valence-electron chi connectivity index (χ4n) is 2.11. The van der Waals surface area contributed by atoms with E-state index in [0.717, 1.165) is 11.1 Å². The van der Waals surface area contributed by atoms with Crippen LogP contribution < -0.4 is 0 Å². The molecule has 0 atom stereocenters. The highest BCUT2D eigenvalue weighted by Crippen LogP contribution is 2.37. The largest absolute Gasteiger partial charge is 0.413 e. The lowest BCUT2D eigenvalue weighted by Crippen LogP contribution is -2.40. The summed E-state index contributed by atoms with van der Waals surface area (Å²) < 4.78 is 20.5. The molecule has 1 radical (unpaired) electrons. The lowest BCUT2D eigenvalue weighted by molar-refractivity contribution is 0.276. The molecule has 0 aliphatic heterocycles. The van der Waals surface area contributed by atoms with Crippen LogP contribution >= 0.6 is 0 Å². The number of benzene rings is 2. The predicted octanol–water partition coefficient (Wildman–Crippen LogP) is 6.20. The summed E-state index contributed by atoms with van der Waals surface area (Å²) in [6.07, 6.45) is 0. The molecule has 0 spiro atoms. The summed E-state index contributed by atoms with van der Waals surface area (Å²) >= 11 is 0. The minimum atomic E-state index is -1.79. The Hall–Kier alpha value is -1.45. The van der Waals surface area contributed by atoms with Crippen LogP contribution in [0.3, 0.4) is 0 Å². The number of hydrogen-bond acceptors (Lipinski definition) is 1. The summed E-state index contributed by atoms with van der Waals surface area (Å²) in [5.41, 5.74) is 2.95. The first kappa shape index (κ1) is 17.9. The summed E-state index contributed by atoms with van der Waals surface area (Å²) in [6, 6.07) is 13.2. The first-order valence-electron chi connectivity index (χ1n) is 7.95. The van der Waals surface area contributed by atoms with Crippen LogP contribution in [0.5, 0.6) is 0 Å². The zero-order valence-corrected chi connectivity index (χ0v) is 15.7. The first-order valence-corrected chi connectivity index (χ1v) is 10.9. The van der Waals surface area contributed by atoms with E-state index in [1.54, 1.807) is 12.1 Å². The summed E-state index contributed by atoms with van der Waals surface area (Å²) in [4.78, 5) is 0. The summed E-state index contributed by atoms with van der Waals surface area (Å²) in [5, 5.41) is 0.179. The third kappa shape index (κ3) is 4.09. The molecule has 1 nitrogen and oxygen atoms in total. The minimum Gasteiger partial charge on any atom is -0.413 e. The molecule has 0 unspecified atom stereocenters. The normalized spacial score (nSPS) is 12.5. The fourth-order valence-corrected chi connectivity index (χ4v) is 3.07. The Balaban J connectivity index is 2.23. The number of hydrogen-bond donors (Lipinski definition) is 0. The number of rotatable bonds is 4. The van der Waals surface area contributed by atoms with Gasteiger partial charge in [0.25, 0.3) is 0 Å². The van der Waals surface area contributed by atoms with Gasteiger partial charge in [-0.15, -0.1) is 0 Å². The van der Waals surface area contributed by atoms with Gasteiger partial charge in [0.05, 0.1) is 6.61 Å². The molecule has 0 fully saturated rings. The van der Waals surface area contributed by atoms with Gasteiger partial charge >= 0.3 is 0 Å². The van der Waals surface area contributed by atoms with Crippen molar-refractivity contribution in [3.63, 3.8) is 0 Å². The van der Waals surface area contributed by atoms with Gasteiger partial charge < -0.3 is 4.43 Å². The molecular formula is C20H26FOSi. The van der Waals surface area contributed by atoms with Gasteiger partial charge in [-0.3, -0.25) is 0 Å². The molecule has 0 aliphatic rings. The Morgan fingerprint density at radius 2 is 1.74 bits per heavy atom. The molecule has 0 saturated carbocycles. The van der Waals surface area contributed by atoms with Crippen molar-refractivity contribution in [3.8, 4) is 11.1 Å². The van der Waals surface area contributed by atoms with Gasteiger partial charge in [0, 0.05) is 5.56 Å². The highest BCUT2D eigenvalue weighted by atomic mass is 28.4. The lowest BCUT2D eigenvalue weighted by atomic mass is 10.0. The zero-order chi connectivity index (χ0) is 17.3. The molecule has 2 aromatic rings. The van der Waals surface area contributed by atoms with E-state index < -0.39 is 8.32 Å². The van der Waals surface area contributed by atoms with E-state index in [0.29, 0.717) is 17.7 Å². The van der Waals surface area contributed by atoms with Crippen molar-refractivity contribution in [2.24, 2.45) is 0 Å². The van der Waals surface area contributed by atoms with E-state index >= 15 is 0 Å². The second kappa shape index (κ2) is 6.58. The van der Waals surface area contributed by atoms with Gasteiger partial charge in [0.1, 0.15) is 5.82 Å². The summed E-state index contributed by atoms with van der Waals surface area (Å²) in [5.74, 6) is -0.255. The summed E-state index contributed by atoms with van der Waals surface area (Å²) in [6.45, 7) is 15.5. The van der Waals surface area contributed by atoms with Crippen molar-refractivity contribution in [1.29, 1.82) is 0 Å². The van der Waals surface area contributed by atoms with E-state index in [1.807, 2.05) is 30.3 Å². The maximum Gasteiger partial charge on any atom is 0.192 e. The zero-order valence-electron chi connectivity index (χ0n) is 14.7. The van der Waals surface area contributed by atoms with Crippen molar-refractivity contribution in [2.45, 2.75) is 45.5 Å². The maximum atomic E-state index is 14.3. The van der Waals surface area contributed by atoms with Crippen LogP contribution in [0.15, 0.2) is 42.5 Å². The van der Waals surface area contributed by atoms with Crippen LogP contribution in [0.25, 0.3) is 11.1 Å². The molecule has 0 amide bonds. The molecule has 123 valence electrons. The predicted molar refractivity (Wildman–Crippen MR) is 98.3 cm³/mol. The van der Waals surface area contributed by atoms with E-state index in [1.165, 1.54) is 0 Å². The standard InChI is InChI=1S/C20H26FOSi/c1-15-9-7-12-18(19(15)21)17-11-8-10-16(13-17)14-22-23(5,6)20(2,3)4/h7-13H,1,14H2,2-6H3. The van der Waals surface area contributed by atoms with Gasteiger partial charge in [-0.05, 0) is 47.8 Å². The maximum absolute atomic E-state index is 14.3. The Morgan fingerprint density at radius 3 is 2.39 bits per heavy atom. The average molecular weight is 330 g/mol. The molecule has 0 aromatic heterocycles. The van der Waals surface area contributed by atoms with Gasteiger partial charge in [0.15, 0.2) is 8.32 Å². The molecule has 0 aliphatic carbocycles. The van der Waals surface area contributed by atoms with E-state index in [-0.39, 0.29) is 10.9 Å². The van der Waals surface area contributed by atoms with Crippen LogP contribution in [0.4, 0.5) is 4.39 Å². The molecular weight excluding hydrogens is 303 g/mol. The molecule has 2 rings (SSSR count). The summed E-state index contributed by atoms with van der Waals surface area (Å²) in [7, 11) is -1.79. The van der Waals surface area contributed by atoms with Gasteiger partial charge in [-0.25, -0.2) is 4.39 Å². The van der Waals surface area contributed by atoms with Crippen molar-refractivity contribution in [2.75, 3.05) is 0 Å². The van der Waals surface area contributed by atoms with Crippen LogP contribution in [0, 0.1) is 12.7 Å². The van der Waals surface area contributed by atoms with Gasteiger partial charge in [-0.2, -0.15) is 0 Å². The van der Waals surface area contributed by atoms with Crippen LogP contribution in [0.2, 0.25) is 18.1 Å². The van der Waals surface area contributed by atoms with Crippen molar-refractivity contribution < 1.29 is 8.82 Å². The molecule has 0 N–H and O–H groups in total. The molecule has 2 aromatic carbocycles. The van der Waals surface area contributed by atoms with Crippen molar-refractivity contribution >= 4 is 8.32 Å². The van der Waals surface area contributed by atoms with Crippen molar-refractivity contribution in [3.05, 3.63) is 66.3 Å². The fraction of sp³-hybridized carbons (Fsp3) is 0.350. The molecule has 0 bridgehead atoms. The first-order chi connectivity index (χ1) is 10.6. The van der Waals surface area contributed by atoms with Gasteiger partial charge in [-0.1, -0.05) is 57.2 Å². The molecule has 3 heteroatoms. The van der Waals surface area contributed by atoms with E-state index in [9.17, 15) is 4.39 Å². The van der Waals surface area contributed by atoms with E-state index in [4.69, 9.17) is 4.43 Å². The molecule has 0 heterocycles. The Labute approximate surface area is 140 Å². The Kier molecular flexibility index (Phi) is 5.12. The third-order valence-corrected chi connectivity index (χ3v) is 9.20. The SMILES string of the molecule is [CH2]c1cccc(-c2cccc(CO[Si](C)(C)C(C)(C)C)c2)c1F. The van der Waals surface area contributed by atoms with Gasteiger partial charge in [0.2, 0.25) is 0 Å². The highest BCUT2D eigenvalue weighted by molar-refractivity contribution is 6.74. The van der Waals surface area contributed by atoms with Crippen LogP contribution in [-0.4, -0.2) is 8.32 Å². The third-order valence-electron chi connectivity index (χ3n) is 4.72. The Bertz CT molecular complexity index is 686. The quantitative estimate of drug-likeness (QED) is 0.607. The highest BCUT2D eigenvalue weighted by Gasteiger charge is 2.36. The topological polar surface area (TPSA) is 9.23 Å². The molecule has 23 heavy (non-hydrogen) atoms. The second-order valence-electron chi connectivity index (χ2n) is 7.53. The monoisotopic (exact) mass is 329 g/mol.